The summed E-state index contributed by atoms with van der Waals surface area (Å²) in [4.78, 5) is 13.6. The second-order valence-corrected chi connectivity index (χ2v) is 7.76. The number of carbonyl (C=O) groups is 1. The Bertz CT molecular complexity index is 879. The van der Waals surface area contributed by atoms with Crippen molar-refractivity contribution in [2.45, 2.75) is 13.0 Å². The monoisotopic (exact) mass is 405 g/mol. The number of hydrogen-bond acceptors (Lipinski definition) is 2. The summed E-state index contributed by atoms with van der Waals surface area (Å²) in [7, 11) is 0. The Morgan fingerprint density at radius 2 is 1.88 bits per heavy atom. The molecular formula is C20H19Cl2N2OS+. The molecule has 6 heteroatoms. The lowest BCUT2D eigenvalue weighted by molar-refractivity contribution is -0.675. The highest BCUT2D eigenvalue weighted by Gasteiger charge is 2.20. The molecule has 1 amide bonds. The van der Waals surface area contributed by atoms with Crippen molar-refractivity contribution in [1.82, 2.24) is 0 Å². The smallest absolute Gasteiger partial charge is 0.279 e. The highest BCUT2D eigenvalue weighted by atomic mass is 35.5. The van der Waals surface area contributed by atoms with Crippen molar-refractivity contribution >= 4 is 46.1 Å². The van der Waals surface area contributed by atoms with Gasteiger partial charge < -0.3 is 10.6 Å². The second kappa shape index (κ2) is 8.69. The van der Waals surface area contributed by atoms with Crippen molar-refractivity contribution in [2.24, 2.45) is 0 Å². The number of halogens is 2. The summed E-state index contributed by atoms with van der Waals surface area (Å²) in [6, 6.07) is 17.8. The molecule has 2 aromatic carbocycles. The van der Waals surface area contributed by atoms with Crippen LogP contribution in [-0.2, 0) is 4.79 Å². The molecule has 0 bridgehead atoms. The molecule has 3 rings (SSSR count). The van der Waals surface area contributed by atoms with E-state index >= 15 is 0 Å². The molecule has 3 aromatic rings. The standard InChI is InChI=1S/C20H18Cl2N2OS/c1-13-7-9-14(10-8-13)20(17-6-3-11-26-17)23-12-18(25)24-16-5-2-4-15(21)19(16)22/h2-11,20,23H,12H2,1H3,(H,24,25)/p+1/t20-/m1/s1. The van der Waals surface area contributed by atoms with Crippen molar-refractivity contribution in [3.63, 3.8) is 0 Å². The highest BCUT2D eigenvalue weighted by molar-refractivity contribution is 7.10. The third-order valence-electron chi connectivity index (χ3n) is 4.05. The lowest BCUT2D eigenvalue weighted by Crippen LogP contribution is -2.87. The summed E-state index contributed by atoms with van der Waals surface area (Å²) in [5, 5.41) is 7.69. The van der Waals surface area contributed by atoms with Crippen molar-refractivity contribution < 1.29 is 10.1 Å². The van der Waals surface area contributed by atoms with E-state index in [1.54, 1.807) is 29.5 Å². The molecule has 26 heavy (non-hydrogen) atoms. The molecule has 1 aromatic heterocycles. The largest absolute Gasteiger partial charge is 0.328 e. The van der Waals surface area contributed by atoms with Gasteiger partial charge in [-0.25, -0.2) is 0 Å². The molecule has 0 spiro atoms. The van der Waals surface area contributed by atoms with Crippen LogP contribution >= 0.6 is 34.5 Å². The second-order valence-electron chi connectivity index (χ2n) is 5.99. The van der Waals surface area contributed by atoms with Crippen LogP contribution in [0.5, 0.6) is 0 Å². The van der Waals surface area contributed by atoms with E-state index in [1.165, 1.54) is 16.0 Å². The van der Waals surface area contributed by atoms with E-state index < -0.39 is 0 Å². The van der Waals surface area contributed by atoms with E-state index in [2.05, 4.69) is 48.0 Å². The average molecular weight is 406 g/mol. The number of hydrogen-bond donors (Lipinski definition) is 2. The van der Waals surface area contributed by atoms with Crippen LogP contribution < -0.4 is 10.6 Å². The quantitative estimate of drug-likeness (QED) is 0.615. The Balaban J connectivity index is 1.70. The van der Waals surface area contributed by atoms with Crippen molar-refractivity contribution in [3.05, 3.63) is 86.0 Å². The molecule has 0 saturated carbocycles. The number of anilines is 1. The summed E-state index contributed by atoms with van der Waals surface area (Å²) in [5.41, 5.74) is 2.92. The number of benzene rings is 2. The van der Waals surface area contributed by atoms with Gasteiger partial charge in [-0.05, 0) is 30.5 Å². The van der Waals surface area contributed by atoms with Crippen LogP contribution in [-0.4, -0.2) is 12.5 Å². The van der Waals surface area contributed by atoms with Crippen molar-refractivity contribution in [1.29, 1.82) is 0 Å². The van der Waals surface area contributed by atoms with Gasteiger partial charge in [-0.15, -0.1) is 11.3 Å². The Hall–Kier alpha value is -1.85. The molecule has 0 saturated heterocycles. The zero-order valence-corrected chi connectivity index (χ0v) is 16.5. The molecule has 1 atom stereocenters. The maximum absolute atomic E-state index is 12.4. The molecule has 1 heterocycles. The minimum absolute atomic E-state index is 0.0798. The van der Waals surface area contributed by atoms with Crippen LogP contribution in [0.2, 0.25) is 10.0 Å². The van der Waals surface area contributed by atoms with Crippen LogP contribution in [0.3, 0.4) is 0 Å². The van der Waals surface area contributed by atoms with Gasteiger partial charge in [0.2, 0.25) is 0 Å². The van der Waals surface area contributed by atoms with Gasteiger partial charge in [-0.3, -0.25) is 4.79 Å². The minimum atomic E-state index is -0.122. The zero-order chi connectivity index (χ0) is 18.5. The zero-order valence-electron chi connectivity index (χ0n) is 14.2. The fraction of sp³-hybridized carbons (Fsp3) is 0.150. The summed E-state index contributed by atoms with van der Waals surface area (Å²) < 4.78 is 0. The van der Waals surface area contributed by atoms with E-state index in [1.807, 2.05) is 11.4 Å². The molecule has 0 aliphatic heterocycles. The van der Waals surface area contributed by atoms with Crippen LogP contribution in [0.15, 0.2) is 60.0 Å². The number of nitrogens with two attached hydrogens (primary N) is 1. The molecule has 0 unspecified atom stereocenters. The number of aryl methyl sites for hydroxylation is 1. The lowest BCUT2D eigenvalue weighted by atomic mass is 10.0. The van der Waals surface area contributed by atoms with Crippen molar-refractivity contribution in [3.8, 4) is 0 Å². The first kappa shape index (κ1) is 18.9. The van der Waals surface area contributed by atoms with E-state index in [0.29, 0.717) is 15.7 Å². The molecule has 3 N–H and O–H groups in total. The third-order valence-corrected chi connectivity index (χ3v) is 5.83. The molecule has 0 aliphatic carbocycles. The van der Waals surface area contributed by atoms with E-state index in [0.717, 1.165) is 0 Å². The Kier molecular flexibility index (Phi) is 6.33. The fourth-order valence-corrected chi connectivity index (χ4v) is 3.88. The molecule has 3 nitrogen and oxygen atoms in total. The normalized spacial score (nSPS) is 12.0. The lowest BCUT2D eigenvalue weighted by Gasteiger charge is -2.15. The van der Waals surface area contributed by atoms with E-state index in [-0.39, 0.29) is 18.5 Å². The molecule has 0 fully saturated rings. The Morgan fingerprint density at radius 3 is 2.58 bits per heavy atom. The van der Waals surface area contributed by atoms with Gasteiger partial charge in [0.25, 0.3) is 5.91 Å². The van der Waals surface area contributed by atoms with Crippen LogP contribution in [0.4, 0.5) is 5.69 Å². The average Bonchev–Trinajstić information content (AvgIpc) is 3.15. The Morgan fingerprint density at radius 1 is 1.12 bits per heavy atom. The van der Waals surface area contributed by atoms with Gasteiger partial charge in [0, 0.05) is 5.56 Å². The summed E-state index contributed by atoms with van der Waals surface area (Å²) >= 11 is 13.8. The first-order valence-electron chi connectivity index (χ1n) is 8.22. The number of nitrogens with one attached hydrogen (secondary N) is 1. The molecular weight excluding hydrogens is 387 g/mol. The van der Waals surface area contributed by atoms with Gasteiger partial charge >= 0.3 is 0 Å². The van der Waals surface area contributed by atoms with Crippen LogP contribution in [0, 0.1) is 6.92 Å². The maximum Gasteiger partial charge on any atom is 0.279 e. The Labute approximate surface area is 167 Å². The first-order valence-corrected chi connectivity index (χ1v) is 9.85. The molecule has 134 valence electrons. The minimum Gasteiger partial charge on any atom is -0.328 e. The number of amides is 1. The SMILES string of the molecule is Cc1ccc([C@@H]([NH2+]CC(=O)Nc2cccc(Cl)c2Cl)c2cccs2)cc1. The van der Waals surface area contributed by atoms with Gasteiger partial charge in [0.1, 0.15) is 6.04 Å². The first-order chi connectivity index (χ1) is 12.5. The number of quaternary nitrogens is 1. The van der Waals surface area contributed by atoms with Gasteiger partial charge in [-0.1, -0.05) is 65.2 Å². The number of carbonyl (C=O) groups excluding carboxylic acids is 1. The predicted octanol–water partition coefficient (Wildman–Crippen LogP) is 4.65. The number of rotatable bonds is 6. The molecule has 0 radical (unpaired) electrons. The highest BCUT2D eigenvalue weighted by Crippen LogP contribution is 2.29. The summed E-state index contributed by atoms with van der Waals surface area (Å²) in [5.74, 6) is -0.122. The topological polar surface area (TPSA) is 45.7 Å². The summed E-state index contributed by atoms with van der Waals surface area (Å²) in [6.45, 7) is 2.34. The van der Waals surface area contributed by atoms with Crippen molar-refractivity contribution in [2.75, 3.05) is 11.9 Å². The van der Waals surface area contributed by atoms with E-state index in [9.17, 15) is 4.79 Å². The maximum atomic E-state index is 12.4. The number of thiophene rings is 1. The third kappa shape index (κ3) is 4.65. The fourth-order valence-electron chi connectivity index (χ4n) is 2.68. The van der Waals surface area contributed by atoms with Gasteiger partial charge in [0.15, 0.2) is 6.54 Å². The molecule has 0 aliphatic rings. The van der Waals surface area contributed by atoms with Crippen LogP contribution in [0.25, 0.3) is 0 Å². The predicted molar refractivity (Wildman–Crippen MR) is 109 cm³/mol. The van der Waals surface area contributed by atoms with Crippen LogP contribution in [0.1, 0.15) is 22.0 Å². The van der Waals surface area contributed by atoms with Gasteiger partial charge in [0.05, 0.1) is 20.6 Å². The van der Waals surface area contributed by atoms with E-state index in [4.69, 9.17) is 23.2 Å². The van der Waals surface area contributed by atoms with Gasteiger partial charge in [-0.2, -0.15) is 0 Å². The summed E-state index contributed by atoms with van der Waals surface area (Å²) in [6.07, 6.45) is 0.